The Morgan fingerprint density at radius 1 is 1.22 bits per heavy atom. The van der Waals surface area contributed by atoms with Gasteiger partial charge in [-0.2, -0.15) is 0 Å². The predicted octanol–water partition coefficient (Wildman–Crippen LogP) is -1.10. The molecule has 4 heteroatoms. The molecule has 0 unspecified atom stereocenters. The zero-order valence-electron chi connectivity index (χ0n) is 12.1. The zero-order valence-corrected chi connectivity index (χ0v) is 12.1. The summed E-state index contributed by atoms with van der Waals surface area (Å²) in [5.41, 5.74) is 1.28. The minimum Gasteiger partial charge on any atom is -0.872 e. The van der Waals surface area contributed by atoms with Gasteiger partial charge in [0, 0.05) is 5.57 Å². The predicted molar refractivity (Wildman–Crippen MR) is 65.3 cm³/mol. The largest absolute Gasteiger partial charge is 1.00 e. The molecule has 18 heavy (non-hydrogen) atoms. The van der Waals surface area contributed by atoms with Crippen molar-refractivity contribution in [2.24, 2.45) is 0 Å². The molecule has 0 aromatic heterocycles. The fraction of sp³-hybridized carbons (Fsp3) is 0.500. The maximum atomic E-state index is 12.0. The number of hydrogen-bond donors (Lipinski definition) is 0. The summed E-state index contributed by atoms with van der Waals surface area (Å²) in [5, 5.41) is 12.0. The van der Waals surface area contributed by atoms with Crippen molar-refractivity contribution in [3.05, 3.63) is 34.6 Å². The quantitative estimate of drug-likeness (QED) is 0.456. The third kappa shape index (κ3) is 3.62. The summed E-state index contributed by atoms with van der Waals surface area (Å²) >= 11 is 0. The molecule has 1 aliphatic carbocycles. The Kier molecular flexibility index (Phi) is 5.68. The maximum absolute atomic E-state index is 12.0. The van der Waals surface area contributed by atoms with Crippen LogP contribution >= 0.6 is 0 Å². The van der Waals surface area contributed by atoms with E-state index in [-0.39, 0.29) is 48.2 Å². The molecule has 0 amide bonds. The molecule has 0 saturated carbocycles. The van der Waals surface area contributed by atoms with Crippen molar-refractivity contribution in [2.75, 3.05) is 6.61 Å². The van der Waals surface area contributed by atoms with Crippen LogP contribution in [0, 0.1) is 0 Å². The summed E-state index contributed by atoms with van der Waals surface area (Å²) in [4.78, 5) is 11.8. The number of Topliss-reactive ketones (excluding diaryl/α,β-unsaturated/α-hetero) is 1. The molecule has 3 nitrogen and oxygen atoms in total. The molecule has 0 N–H and O–H groups in total. The minimum atomic E-state index is -0.347. The van der Waals surface area contributed by atoms with Crippen LogP contribution in [0.1, 0.15) is 34.6 Å². The molecule has 1 aliphatic rings. The van der Waals surface area contributed by atoms with Gasteiger partial charge in [0.15, 0.2) is 5.78 Å². The fourth-order valence-corrected chi connectivity index (χ4v) is 1.51. The number of hydrogen-bond acceptors (Lipinski definition) is 3. The van der Waals surface area contributed by atoms with Crippen molar-refractivity contribution < 1.29 is 33.5 Å². The van der Waals surface area contributed by atoms with Gasteiger partial charge in [0.25, 0.3) is 0 Å². The maximum Gasteiger partial charge on any atom is 1.00 e. The summed E-state index contributed by atoms with van der Waals surface area (Å²) < 4.78 is 5.55. The molecule has 0 bridgehead atoms. The number of allylic oxidation sites excluding steroid dienone is 2. The van der Waals surface area contributed by atoms with Crippen LogP contribution < -0.4 is 24.0 Å². The third-order valence-electron chi connectivity index (χ3n) is 2.81. The zero-order chi connectivity index (χ0) is 13.4. The first-order valence-electron chi connectivity index (χ1n) is 5.61. The number of ether oxygens (including phenoxy) is 1. The van der Waals surface area contributed by atoms with Crippen LogP contribution in [0.2, 0.25) is 0 Å². The Morgan fingerprint density at radius 2 is 1.72 bits per heavy atom. The molecule has 0 fully saturated rings. The van der Waals surface area contributed by atoms with Crippen molar-refractivity contribution in [1.82, 2.24) is 0 Å². The van der Waals surface area contributed by atoms with E-state index in [2.05, 4.69) is 6.58 Å². The van der Waals surface area contributed by atoms with E-state index in [1.165, 1.54) is 0 Å². The molecule has 0 atom stereocenters. The van der Waals surface area contributed by atoms with Crippen LogP contribution in [0.5, 0.6) is 0 Å². The van der Waals surface area contributed by atoms with Gasteiger partial charge in [-0.1, -0.05) is 17.9 Å². The number of carbonyl (C=O) groups is 1. The normalized spacial score (nSPS) is 17.2. The van der Waals surface area contributed by atoms with Crippen LogP contribution in [-0.4, -0.2) is 18.0 Å². The van der Waals surface area contributed by atoms with E-state index in [4.69, 9.17) is 4.74 Å². The molecule has 0 aromatic carbocycles. The van der Waals surface area contributed by atoms with Crippen molar-refractivity contribution in [1.29, 1.82) is 0 Å². The van der Waals surface area contributed by atoms with Gasteiger partial charge in [-0.15, -0.1) is 0 Å². The molecule has 0 radical (unpaired) electrons. The molecular formula is C14H19LiO3. The second-order valence-corrected chi connectivity index (χ2v) is 5.27. The van der Waals surface area contributed by atoms with Crippen LogP contribution in [0.25, 0.3) is 0 Å². The molecule has 0 spiro atoms. The van der Waals surface area contributed by atoms with E-state index in [0.717, 1.165) is 0 Å². The second-order valence-electron chi connectivity index (χ2n) is 5.27. The van der Waals surface area contributed by atoms with E-state index in [0.29, 0.717) is 16.7 Å². The van der Waals surface area contributed by atoms with E-state index >= 15 is 0 Å². The Balaban J connectivity index is 0.00000289. The van der Waals surface area contributed by atoms with Crippen LogP contribution in [-0.2, 0) is 9.53 Å². The van der Waals surface area contributed by atoms with Gasteiger partial charge in [-0.25, -0.2) is 0 Å². The van der Waals surface area contributed by atoms with Crippen LogP contribution in [0.15, 0.2) is 34.6 Å². The first kappa shape index (κ1) is 17.2. The molecule has 94 valence electrons. The molecule has 1 rings (SSSR count). The van der Waals surface area contributed by atoms with Gasteiger partial charge in [0.2, 0.25) is 0 Å². The topological polar surface area (TPSA) is 49.4 Å². The Hall–Kier alpha value is -0.753. The van der Waals surface area contributed by atoms with Crippen molar-refractivity contribution in [2.45, 2.75) is 40.2 Å². The molecule has 0 aliphatic heterocycles. The van der Waals surface area contributed by atoms with Gasteiger partial charge in [-0.3, -0.25) is 4.79 Å². The fourth-order valence-electron chi connectivity index (χ4n) is 1.51. The van der Waals surface area contributed by atoms with Gasteiger partial charge in [-0.05, 0) is 45.8 Å². The average Bonchev–Trinajstić information content (AvgIpc) is 2.22. The third-order valence-corrected chi connectivity index (χ3v) is 2.81. The summed E-state index contributed by atoms with van der Waals surface area (Å²) in [6.07, 6.45) is 0. The number of rotatable bonds is 2. The SMILES string of the molecule is C=C1C(=O)C(C)=C(C)C([O-])=C1COC(C)(C)C.[Li+]. The van der Waals surface area contributed by atoms with Crippen LogP contribution in [0.3, 0.4) is 0 Å². The Morgan fingerprint density at radius 3 is 2.17 bits per heavy atom. The first-order chi connectivity index (χ1) is 7.65. The Labute approximate surface area is 121 Å². The van der Waals surface area contributed by atoms with E-state index in [1.54, 1.807) is 13.8 Å². The van der Waals surface area contributed by atoms with Crippen LogP contribution in [0.4, 0.5) is 0 Å². The Bertz CT molecular complexity index is 436. The first-order valence-corrected chi connectivity index (χ1v) is 5.61. The van der Waals surface area contributed by atoms with Gasteiger partial charge in [0.1, 0.15) is 0 Å². The summed E-state index contributed by atoms with van der Waals surface area (Å²) in [5.74, 6) is -0.286. The molecule has 0 saturated heterocycles. The van der Waals surface area contributed by atoms with Crippen molar-refractivity contribution in [3.8, 4) is 0 Å². The molecular weight excluding hydrogens is 223 g/mol. The standard InChI is InChI=1S/C14H20O3.Li/c1-8-9(2)13(16)11(10(3)12(8)15)7-17-14(4,5)6;/h16H,3,7H2,1-2,4-6H3;/q;+1/p-1. The number of carbonyl (C=O) groups excluding carboxylic acids is 1. The summed E-state index contributed by atoms with van der Waals surface area (Å²) in [7, 11) is 0. The van der Waals surface area contributed by atoms with Gasteiger partial charge < -0.3 is 9.84 Å². The average molecular weight is 242 g/mol. The van der Waals surface area contributed by atoms with Gasteiger partial charge >= 0.3 is 18.9 Å². The monoisotopic (exact) mass is 242 g/mol. The van der Waals surface area contributed by atoms with E-state index < -0.39 is 0 Å². The molecule has 0 heterocycles. The summed E-state index contributed by atoms with van der Waals surface area (Å²) in [6, 6.07) is 0. The van der Waals surface area contributed by atoms with Crippen molar-refractivity contribution >= 4 is 5.78 Å². The number of ketones is 1. The van der Waals surface area contributed by atoms with Crippen molar-refractivity contribution in [3.63, 3.8) is 0 Å². The van der Waals surface area contributed by atoms with Gasteiger partial charge in [0.05, 0.1) is 12.2 Å². The second kappa shape index (κ2) is 5.93. The minimum absolute atomic E-state index is 0. The smallest absolute Gasteiger partial charge is 0.872 e. The van der Waals surface area contributed by atoms with E-state index in [1.807, 2.05) is 20.8 Å². The van der Waals surface area contributed by atoms with E-state index in [9.17, 15) is 9.90 Å². The summed E-state index contributed by atoms with van der Waals surface area (Å²) in [6.45, 7) is 12.9. The molecule has 0 aromatic rings.